The maximum atomic E-state index is 11.7. The third-order valence-electron chi connectivity index (χ3n) is 2.36. The Labute approximate surface area is 111 Å². The highest BCUT2D eigenvalue weighted by Gasteiger charge is 2.13. The highest BCUT2D eigenvalue weighted by Crippen LogP contribution is 2.14. The second kappa shape index (κ2) is 7.07. The van der Waals surface area contributed by atoms with Crippen molar-refractivity contribution >= 4 is 28.9 Å². The molecule has 100 valence electrons. The molecule has 0 bridgehead atoms. The lowest BCUT2D eigenvalue weighted by Crippen LogP contribution is -2.18. The van der Waals surface area contributed by atoms with Gasteiger partial charge in [0.2, 0.25) is 5.91 Å². The van der Waals surface area contributed by atoms with Crippen molar-refractivity contribution in [1.29, 1.82) is 0 Å². The Morgan fingerprint density at radius 3 is 3.00 bits per heavy atom. The molecule has 18 heavy (non-hydrogen) atoms. The van der Waals surface area contributed by atoms with Crippen molar-refractivity contribution in [2.75, 3.05) is 18.5 Å². The van der Waals surface area contributed by atoms with Gasteiger partial charge in [0.25, 0.3) is 0 Å². The van der Waals surface area contributed by atoms with Gasteiger partial charge in [0, 0.05) is 26.7 Å². The molecule has 6 nitrogen and oxygen atoms in total. The summed E-state index contributed by atoms with van der Waals surface area (Å²) in [5, 5.41) is 6.77. The number of hydrogen-bond acceptors (Lipinski definition) is 4. The van der Waals surface area contributed by atoms with Gasteiger partial charge in [-0.15, -0.1) is 0 Å². The predicted octanol–water partition coefficient (Wildman–Crippen LogP) is 0.810. The summed E-state index contributed by atoms with van der Waals surface area (Å²) < 4.78 is 6.70. The van der Waals surface area contributed by atoms with Gasteiger partial charge < -0.3 is 15.8 Å². The van der Waals surface area contributed by atoms with E-state index in [0.717, 1.165) is 0 Å². The number of thiocarbonyl (C=S) groups is 1. The van der Waals surface area contributed by atoms with Crippen LogP contribution in [0.25, 0.3) is 0 Å². The van der Waals surface area contributed by atoms with Crippen molar-refractivity contribution in [3.8, 4) is 0 Å². The minimum atomic E-state index is -0.101. The summed E-state index contributed by atoms with van der Waals surface area (Å²) >= 11 is 4.89. The van der Waals surface area contributed by atoms with Gasteiger partial charge >= 0.3 is 0 Å². The number of aromatic nitrogens is 2. The monoisotopic (exact) mass is 270 g/mol. The lowest BCUT2D eigenvalue weighted by atomic mass is 10.3. The Hall–Kier alpha value is -1.47. The van der Waals surface area contributed by atoms with Crippen LogP contribution in [0.1, 0.15) is 25.3 Å². The third-order valence-corrected chi connectivity index (χ3v) is 2.58. The standard InChI is InChI=1S/C11H18N4O2S/c1-3-17-6-4-5-9(16)14-11-8(10(12)18)7-13-15(11)2/h7H,3-6H2,1-2H3,(H2,12,18)(H,14,16). The van der Waals surface area contributed by atoms with E-state index in [4.69, 9.17) is 22.7 Å². The Morgan fingerprint density at radius 2 is 2.39 bits per heavy atom. The van der Waals surface area contributed by atoms with Gasteiger partial charge in [-0.05, 0) is 13.3 Å². The van der Waals surface area contributed by atoms with Gasteiger partial charge in [0.15, 0.2) is 0 Å². The topological polar surface area (TPSA) is 82.2 Å². The van der Waals surface area contributed by atoms with Gasteiger partial charge in [-0.3, -0.25) is 9.48 Å². The molecule has 1 heterocycles. The van der Waals surface area contributed by atoms with Crippen LogP contribution in [-0.4, -0.2) is 33.9 Å². The summed E-state index contributed by atoms with van der Waals surface area (Å²) in [7, 11) is 1.72. The number of carbonyl (C=O) groups is 1. The molecule has 3 N–H and O–H groups in total. The number of hydrogen-bond donors (Lipinski definition) is 2. The van der Waals surface area contributed by atoms with E-state index in [-0.39, 0.29) is 10.9 Å². The number of ether oxygens (including phenoxy) is 1. The zero-order valence-electron chi connectivity index (χ0n) is 10.6. The fourth-order valence-corrected chi connectivity index (χ4v) is 1.59. The molecule has 0 spiro atoms. The van der Waals surface area contributed by atoms with Crippen molar-refractivity contribution in [1.82, 2.24) is 9.78 Å². The Kier molecular flexibility index (Phi) is 5.73. The maximum Gasteiger partial charge on any atom is 0.225 e. The number of rotatable bonds is 7. The smallest absolute Gasteiger partial charge is 0.225 e. The normalized spacial score (nSPS) is 10.3. The summed E-state index contributed by atoms with van der Waals surface area (Å²) in [5.41, 5.74) is 6.12. The van der Waals surface area contributed by atoms with Crippen LogP contribution in [0.4, 0.5) is 5.82 Å². The largest absolute Gasteiger partial charge is 0.389 e. The number of nitrogens with two attached hydrogens (primary N) is 1. The number of anilines is 1. The van der Waals surface area contributed by atoms with Crippen LogP contribution in [0.15, 0.2) is 6.20 Å². The van der Waals surface area contributed by atoms with Gasteiger partial charge in [-0.1, -0.05) is 12.2 Å². The lowest BCUT2D eigenvalue weighted by molar-refractivity contribution is -0.116. The fourth-order valence-electron chi connectivity index (χ4n) is 1.44. The number of aryl methyl sites for hydroxylation is 1. The zero-order valence-corrected chi connectivity index (χ0v) is 11.4. The molecule has 0 aliphatic carbocycles. The molecule has 1 rings (SSSR count). The number of nitrogens with zero attached hydrogens (tertiary/aromatic N) is 2. The first-order chi connectivity index (χ1) is 8.56. The van der Waals surface area contributed by atoms with E-state index in [1.165, 1.54) is 10.9 Å². The van der Waals surface area contributed by atoms with E-state index in [1.807, 2.05) is 6.92 Å². The molecule has 0 aromatic carbocycles. The van der Waals surface area contributed by atoms with E-state index in [0.29, 0.717) is 37.4 Å². The quantitative estimate of drug-likeness (QED) is 0.566. The minimum Gasteiger partial charge on any atom is -0.389 e. The molecule has 1 aromatic heterocycles. The molecule has 1 aromatic rings. The summed E-state index contributed by atoms with van der Waals surface area (Å²) in [6.07, 6.45) is 2.61. The van der Waals surface area contributed by atoms with Crippen LogP contribution in [-0.2, 0) is 16.6 Å². The molecule has 7 heteroatoms. The predicted molar refractivity (Wildman–Crippen MR) is 73.5 cm³/mol. The number of amides is 1. The molecule has 0 radical (unpaired) electrons. The van der Waals surface area contributed by atoms with Gasteiger partial charge in [0.1, 0.15) is 10.8 Å². The first-order valence-corrected chi connectivity index (χ1v) is 6.16. The highest BCUT2D eigenvalue weighted by atomic mass is 32.1. The molecule has 0 aliphatic rings. The summed E-state index contributed by atoms with van der Waals surface area (Å²) in [6.45, 7) is 3.16. The van der Waals surface area contributed by atoms with Crippen LogP contribution in [0.3, 0.4) is 0 Å². The first kappa shape index (κ1) is 14.6. The van der Waals surface area contributed by atoms with E-state index in [9.17, 15) is 4.79 Å². The van der Waals surface area contributed by atoms with E-state index in [1.54, 1.807) is 7.05 Å². The number of carbonyl (C=O) groups excluding carboxylic acids is 1. The second-order valence-electron chi connectivity index (χ2n) is 3.74. The van der Waals surface area contributed by atoms with E-state index < -0.39 is 0 Å². The van der Waals surface area contributed by atoms with Crippen LogP contribution >= 0.6 is 12.2 Å². The van der Waals surface area contributed by atoms with E-state index in [2.05, 4.69) is 10.4 Å². The SMILES string of the molecule is CCOCCCC(=O)Nc1c(C(N)=S)cnn1C. The highest BCUT2D eigenvalue weighted by molar-refractivity contribution is 7.80. The molecule has 0 aliphatic heterocycles. The Morgan fingerprint density at radius 1 is 1.67 bits per heavy atom. The van der Waals surface area contributed by atoms with Gasteiger partial charge in [0.05, 0.1) is 11.8 Å². The van der Waals surface area contributed by atoms with Crippen LogP contribution in [0.5, 0.6) is 0 Å². The minimum absolute atomic E-state index is 0.101. The lowest BCUT2D eigenvalue weighted by Gasteiger charge is -2.07. The van der Waals surface area contributed by atoms with Gasteiger partial charge in [-0.2, -0.15) is 5.10 Å². The fraction of sp³-hybridized carbons (Fsp3) is 0.545. The molecule has 0 unspecified atom stereocenters. The van der Waals surface area contributed by atoms with E-state index >= 15 is 0 Å². The molecular formula is C11H18N4O2S. The van der Waals surface area contributed by atoms with Crippen LogP contribution in [0, 0.1) is 0 Å². The summed E-state index contributed by atoms with van der Waals surface area (Å²) in [5.74, 6) is 0.430. The van der Waals surface area contributed by atoms with Crippen molar-refractivity contribution in [2.45, 2.75) is 19.8 Å². The third kappa shape index (κ3) is 4.08. The van der Waals surface area contributed by atoms with Crippen molar-refractivity contribution in [2.24, 2.45) is 12.8 Å². The molecular weight excluding hydrogens is 252 g/mol. The molecule has 0 fully saturated rings. The Balaban J connectivity index is 2.53. The average molecular weight is 270 g/mol. The maximum absolute atomic E-state index is 11.7. The molecule has 0 saturated heterocycles. The van der Waals surface area contributed by atoms with Crippen LogP contribution in [0.2, 0.25) is 0 Å². The van der Waals surface area contributed by atoms with Crippen molar-refractivity contribution in [3.05, 3.63) is 11.8 Å². The Bertz CT molecular complexity index is 431. The molecule has 0 saturated carbocycles. The first-order valence-electron chi connectivity index (χ1n) is 5.75. The van der Waals surface area contributed by atoms with Gasteiger partial charge in [-0.25, -0.2) is 0 Å². The zero-order chi connectivity index (χ0) is 13.5. The van der Waals surface area contributed by atoms with Crippen molar-refractivity contribution in [3.63, 3.8) is 0 Å². The number of nitrogens with one attached hydrogen (secondary N) is 1. The second-order valence-corrected chi connectivity index (χ2v) is 4.18. The summed E-state index contributed by atoms with van der Waals surface area (Å²) in [4.78, 5) is 11.9. The molecule has 1 amide bonds. The van der Waals surface area contributed by atoms with Crippen molar-refractivity contribution < 1.29 is 9.53 Å². The summed E-state index contributed by atoms with van der Waals surface area (Å²) in [6, 6.07) is 0. The molecule has 0 atom stereocenters. The average Bonchev–Trinajstić information content (AvgIpc) is 2.67. The van der Waals surface area contributed by atoms with Crippen LogP contribution < -0.4 is 11.1 Å².